The predicted molar refractivity (Wildman–Crippen MR) is 92.0 cm³/mol. The Morgan fingerprint density at radius 1 is 1.28 bits per heavy atom. The van der Waals surface area contributed by atoms with Gasteiger partial charge in [0.1, 0.15) is 6.54 Å². The average molecular weight is 347 g/mol. The molecule has 0 bridgehead atoms. The predicted octanol–water partition coefficient (Wildman–Crippen LogP) is 2.66. The van der Waals surface area contributed by atoms with Crippen molar-refractivity contribution >= 4 is 11.9 Å². The van der Waals surface area contributed by atoms with E-state index in [4.69, 9.17) is 14.6 Å². The van der Waals surface area contributed by atoms with Gasteiger partial charge in [-0.1, -0.05) is 13.0 Å². The molecule has 6 nitrogen and oxygen atoms in total. The molecule has 1 aromatic carbocycles. The number of rotatable bonds is 6. The molecule has 3 rings (SSSR count). The summed E-state index contributed by atoms with van der Waals surface area (Å²) in [7, 11) is 1.62. The molecule has 2 atom stereocenters. The summed E-state index contributed by atoms with van der Waals surface area (Å²) < 4.78 is 11.5. The quantitative estimate of drug-likeness (QED) is 0.856. The number of hydrogen-bond acceptors (Lipinski definition) is 4. The smallest absolute Gasteiger partial charge is 0.323 e. The fourth-order valence-corrected chi connectivity index (χ4v) is 3.85. The number of carboxylic acids is 1. The van der Waals surface area contributed by atoms with E-state index in [-0.39, 0.29) is 30.4 Å². The van der Waals surface area contributed by atoms with Gasteiger partial charge in [-0.25, -0.2) is 0 Å². The van der Waals surface area contributed by atoms with E-state index in [1.54, 1.807) is 7.11 Å². The highest BCUT2D eigenvalue weighted by Crippen LogP contribution is 2.39. The number of benzene rings is 1. The van der Waals surface area contributed by atoms with Crippen molar-refractivity contribution in [2.24, 2.45) is 5.92 Å². The Morgan fingerprint density at radius 3 is 2.64 bits per heavy atom. The van der Waals surface area contributed by atoms with Crippen molar-refractivity contribution < 1.29 is 24.2 Å². The van der Waals surface area contributed by atoms with Crippen LogP contribution in [0.2, 0.25) is 0 Å². The van der Waals surface area contributed by atoms with Crippen LogP contribution in [-0.4, -0.2) is 48.2 Å². The summed E-state index contributed by atoms with van der Waals surface area (Å²) in [6, 6.07) is 5.77. The molecule has 2 fully saturated rings. The summed E-state index contributed by atoms with van der Waals surface area (Å²) in [4.78, 5) is 24.7. The Kier molecular flexibility index (Phi) is 5.16. The molecule has 1 amide bonds. The molecule has 0 spiro atoms. The number of methoxy groups -OCH3 is 1. The minimum Gasteiger partial charge on any atom is -0.493 e. The van der Waals surface area contributed by atoms with Crippen molar-refractivity contribution in [2.75, 3.05) is 20.2 Å². The third-order valence-corrected chi connectivity index (χ3v) is 5.26. The molecule has 1 aliphatic heterocycles. The molecule has 0 radical (unpaired) electrons. The molecule has 1 saturated carbocycles. The third-order valence-electron chi connectivity index (χ3n) is 5.26. The van der Waals surface area contributed by atoms with Crippen LogP contribution in [0.3, 0.4) is 0 Å². The van der Waals surface area contributed by atoms with Gasteiger partial charge in [0.15, 0.2) is 11.5 Å². The molecule has 25 heavy (non-hydrogen) atoms. The Bertz CT molecular complexity index is 653. The van der Waals surface area contributed by atoms with Gasteiger partial charge < -0.3 is 19.5 Å². The first-order valence-corrected chi connectivity index (χ1v) is 8.84. The molecule has 1 saturated heterocycles. The maximum Gasteiger partial charge on any atom is 0.323 e. The highest BCUT2D eigenvalue weighted by atomic mass is 16.5. The lowest BCUT2D eigenvalue weighted by Gasteiger charge is -2.19. The van der Waals surface area contributed by atoms with Gasteiger partial charge >= 0.3 is 5.97 Å². The zero-order valence-electron chi connectivity index (χ0n) is 14.7. The van der Waals surface area contributed by atoms with Gasteiger partial charge in [-0.05, 0) is 43.4 Å². The normalized spacial score (nSPS) is 23.9. The maximum atomic E-state index is 12.3. The van der Waals surface area contributed by atoms with Crippen LogP contribution in [0.15, 0.2) is 18.2 Å². The van der Waals surface area contributed by atoms with Crippen LogP contribution >= 0.6 is 0 Å². The number of aliphatic carboxylic acids is 1. The van der Waals surface area contributed by atoms with E-state index >= 15 is 0 Å². The Balaban J connectivity index is 1.81. The van der Waals surface area contributed by atoms with E-state index < -0.39 is 5.97 Å². The number of carbonyl (C=O) groups is 2. The topological polar surface area (TPSA) is 76.1 Å². The van der Waals surface area contributed by atoms with Crippen molar-refractivity contribution in [1.82, 2.24) is 4.90 Å². The lowest BCUT2D eigenvalue weighted by Crippen LogP contribution is -2.32. The molecule has 1 N–H and O–H groups in total. The van der Waals surface area contributed by atoms with Crippen LogP contribution in [0.1, 0.15) is 44.1 Å². The summed E-state index contributed by atoms with van der Waals surface area (Å²) in [6.45, 7) is 2.03. The SMILES string of the molecule is COc1ccc([C@H]2CN(CC(=O)O)C(=O)C2C)cc1OC1CCCC1. The van der Waals surface area contributed by atoms with Gasteiger partial charge in [0.25, 0.3) is 0 Å². The summed E-state index contributed by atoms with van der Waals surface area (Å²) in [6.07, 6.45) is 4.70. The molecule has 6 heteroatoms. The first kappa shape index (κ1) is 17.6. The van der Waals surface area contributed by atoms with E-state index in [9.17, 15) is 9.59 Å². The number of carboxylic acid groups (broad SMARTS) is 1. The minimum absolute atomic E-state index is 0.0383. The Hall–Kier alpha value is -2.24. The van der Waals surface area contributed by atoms with Crippen molar-refractivity contribution in [3.8, 4) is 11.5 Å². The lowest BCUT2D eigenvalue weighted by atomic mass is 9.90. The molecule has 1 aliphatic carbocycles. The summed E-state index contributed by atoms with van der Waals surface area (Å²) in [5.41, 5.74) is 0.988. The third kappa shape index (κ3) is 3.72. The van der Waals surface area contributed by atoms with Gasteiger partial charge in [-0.15, -0.1) is 0 Å². The van der Waals surface area contributed by atoms with Crippen LogP contribution in [0.4, 0.5) is 0 Å². The number of hydrogen-bond donors (Lipinski definition) is 1. The van der Waals surface area contributed by atoms with E-state index in [0.717, 1.165) is 18.4 Å². The number of ether oxygens (including phenoxy) is 2. The summed E-state index contributed by atoms with van der Waals surface area (Å²) in [5.74, 6) is 0.0247. The van der Waals surface area contributed by atoms with Gasteiger partial charge in [0.2, 0.25) is 5.91 Å². The second kappa shape index (κ2) is 7.33. The van der Waals surface area contributed by atoms with Crippen LogP contribution in [0, 0.1) is 5.92 Å². The van der Waals surface area contributed by atoms with Gasteiger partial charge in [-0.3, -0.25) is 9.59 Å². The standard InChI is InChI=1S/C19H25NO5/c1-12-15(10-20(19(12)23)11-18(21)22)13-7-8-16(24-2)17(9-13)25-14-5-3-4-6-14/h7-9,12,14-15H,3-6,10-11H2,1-2H3,(H,21,22)/t12?,15-/m0/s1. The lowest BCUT2D eigenvalue weighted by molar-refractivity contribution is -0.143. The van der Waals surface area contributed by atoms with E-state index in [0.29, 0.717) is 18.0 Å². The highest BCUT2D eigenvalue weighted by molar-refractivity contribution is 5.85. The first-order valence-electron chi connectivity index (χ1n) is 8.84. The van der Waals surface area contributed by atoms with Gasteiger partial charge in [-0.2, -0.15) is 0 Å². The Morgan fingerprint density at radius 2 is 2.00 bits per heavy atom. The average Bonchev–Trinajstić information content (AvgIpc) is 3.18. The largest absolute Gasteiger partial charge is 0.493 e. The van der Waals surface area contributed by atoms with Gasteiger partial charge in [0.05, 0.1) is 13.2 Å². The monoisotopic (exact) mass is 347 g/mol. The van der Waals surface area contributed by atoms with Crippen LogP contribution < -0.4 is 9.47 Å². The number of carbonyl (C=O) groups excluding carboxylic acids is 1. The molecule has 2 aliphatic rings. The van der Waals surface area contributed by atoms with E-state index in [1.807, 2.05) is 25.1 Å². The second-order valence-corrected chi connectivity index (χ2v) is 6.94. The van der Waals surface area contributed by atoms with Crippen LogP contribution in [0.25, 0.3) is 0 Å². The number of amides is 1. The first-order chi connectivity index (χ1) is 12.0. The van der Waals surface area contributed by atoms with Crippen molar-refractivity contribution in [2.45, 2.75) is 44.6 Å². The van der Waals surface area contributed by atoms with E-state index in [2.05, 4.69) is 0 Å². The maximum absolute atomic E-state index is 12.3. The highest BCUT2D eigenvalue weighted by Gasteiger charge is 2.39. The van der Waals surface area contributed by atoms with Crippen molar-refractivity contribution in [3.05, 3.63) is 23.8 Å². The zero-order chi connectivity index (χ0) is 18.0. The van der Waals surface area contributed by atoms with E-state index in [1.165, 1.54) is 17.7 Å². The minimum atomic E-state index is -0.985. The number of nitrogens with zero attached hydrogens (tertiary/aromatic N) is 1. The summed E-state index contributed by atoms with van der Waals surface area (Å²) >= 11 is 0. The molecule has 1 heterocycles. The second-order valence-electron chi connectivity index (χ2n) is 6.94. The summed E-state index contributed by atoms with van der Waals surface area (Å²) in [5, 5.41) is 8.98. The molecule has 1 aromatic rings. The molecular formula is C19H25NO5. The van der Waals surface area contributed by atoms with Crippen LogP contribution in [-0.2, 0) is 9.59 Å². The van der Waals surface area contributed by atoms with Crippen LogP contribution in [0.5, 0.6) is 11.5 Å². The van der Waals surface area contributed by atoms with Gasteiger partial charge in [0, 0.05) is 18.4 Å². The van der Waals surface area contributed by atoms with Crippen molar-refractivity contribution in [1.29, 1.82) is 0 Å². The molecular weight excluding hydrogens is 322 g/mol. The fraction of sp³-hybridized carbons (Fsp3) is 0.579. The Labute approximate surface area is 147 Å². The molecule has 1 unspecified atom stereocenters. The zero-order valence-corrected chi connectivity index (χ0v) is 14.7. The number of likely N-dealkylation sites (tertiary alicyclic amines) is 1. The van der Waals surface area contributed by atoms with Crippen molar-refractivity contribution in [3.63, 3.8) is 0 Å². The molecule has 136 valence electrons. The molecule has 0 aromatic heterocycles. The fourth-order valence-electron chi connectivity index (χ4n) is 3.85.